The van der Waals surface area contributed by atoms with E-state index in [1.54, 1.807) is 0 Å². The van der Waals surface area contributed by atoms with Crippen molar-refractivity contribution in [3.05, 3.63) is 24.3 Å². The van der Waals surface area contributed by atoms with Gasteiger partial charge in [-0.15, -0.1) is 0 Å². The molecular weight excluding hydrogens is 340 g/mol. The average molecular weight is 381 g/mol. The van der Waals surface area contributed by atoms with Gasteiger partial charge in [-0.05, 0) is 42.7 Å². The van der Waals surface area contributed by atoms with E-state index in [0.29, 0.717) is 11.8 Å². The van der Waals surface area contributed by atoms with Crippen LogP contribution in [0.4, 0.5) is 0 Å². The first-order valence-corrected chi connectivity index (χ1v) is 15.7. The lowest BCUT2D eigenvalue weighted by atomic mass is 9.77. The predicted octanol–water partition coefficient (Wildman–Crippen LogP) is 6.53. The molecule has 0 amide bonds. The summed E-state index contributed by atoms with van der Waals surface area (Å²) in [5.41, 5.74) is 0. The van der Waals surface area contributed by atoms with Gasteiger partial charge in [-0.2, -0.15) is 0 Å². The Morgan fingerprint density at radius 2 is 0.960 bits per heavy atom. The lowest BCUT2D eigenvalue weighted by Crippen LogP contribution is -2.49. The summed E-state index contributed by atoms with van der Waals surface area (Å²) in [5.74, 6) is 1.01. The first-order chi connectivity index (χ1) is 11.1. The highest BCUT2D eigenvalue weighted by Gasteiger charge is 2.44. The van der Waals surface area contributed by atoms with Gasteiger partial charge in [-0.1, -0.05) is 65.8 Å². The van der Waals surface area contributed by atoms with E-state index in [0.717, 1.165) is 6.42 Å². The molecule has 2 bridgehead atoms. The second kappa shape index (κ2) is 6.77. The highest BCUT2D eigenvalue weighted by Crippen LogP contribution is 2.44. The van der Waals surface area contributed by atoms with Crippen LogP contribution in [-0.4, -0.2) is 28.8 Å². The smallest absolute Gasteiger partial charge is 0.192 e. The van der Waals surface area contributed by atoms with Crippen LogP contribution >= 0.6 is 0 Å². The van der Waals surface area contributed by atoms with E-state index in [1.165, 1.54) is 0 Å². The summed E-state index contributed by atoms with van der Waals surface area (Å²) in [4.78, 5) is 0. The van der Waals surface area contributed by atoms with Gasteiger partial charge in [0.1, 0.15) is 0 Å². The van der Waals surface area contributed by atoms with E-state index >= 15 is 0 Å². The van der Waals surface area contributed by atoms with Gasteiger partial charge in [0.25, 0.3) is 0 Å². The average Bonchev–Trinajstić information content (AvgIpc) is 2.41. The Balaban J connectivity index is 2.09. The van der Waals surface area contributed by atoms with Gasteiger partial charge in [0.15, 0.2) is 16.6 Å². The lowest BCUT2D eigenvalue weighted by Gasteiger charge is -2.46. The fraction of sp³-hybridized carbons (Fsp3) is 0.810. The zero-order chi connectivity index (χ0) is 19.3. The molecule has 25 heavy (non-hydrogen) atoms. The minimum absolute atomic E-state index is 0.238. The maximum Gasteiger partial charge on any atom is 0.192 e. The molecule has 0 saturated heterocycles. The third-order valence-corrected chi connectivity index (χ3v) is 15.9. The predicted molar refractivity (Wildman–Crippen MR) is 114 cm³/mol. The van der Waals surface area contributed by atoms with Crippen molar-refractivity contribution in [2.45, 2.75) is 96.4 Å². The Hall–Kier alpha value is -0.166. The summed E-state index contributed by atoms with van der Waals surface area (Å²) in [6, 6.07) is 0. The van der Waals surface area contributed by atoms with Crippen LogP contribution in [0, 0.1) is 11.8 Å². The van der Waals surface area contributed by atoms with E-state index in [9.17, 15) is 0 Å². The van der Waals surface area contributed by atoms with Crippen molar-refractivity contribution in [2.75, 3.05) is 0 Å². The van der Waals surface area contributed by atoms with E-state index in [1.807, 2.05) is 0 Å². The largest absolute Gasteiger partial charge is 0.410 e. The van der Waals surface area contributed by atoms with Crippen molar-refractivity contribution in [3.63, 3.8) is 0 Å². The van der Waals surface area contributed by atoms with Crippen molar-refractivity contribution in [1.29, 1.82) is 0 Å². The van der Waals surface area contributed by atoms with Crippen LogP contribution in [0.3, 0.4) is 0 Å². The number of fused-ring (bicyclic) bond motifs is 2. The summed E-state index contributed by atoms with van der Waals surface area (Å²) >= 11 is 0. The Morgan fingerprint density at radius 1 is 0.640 bits per heavy atom. The molecule has 4 heteroatoms. The monoisotopic (exact) mass is 380 g/mol. The van der Waals surface area contributed by atoms with Crippen molar-refractivity contribution in [3.8, 4) is 0 Å². The van der Waals surface area contributed by atoms with Gasteiger partial charge in [0.2, 0.25) is 0 Å². The van der Waals surface area contributed by atoms with Crippen LogP contribution in [0.5, 0.6) is 0 Å². The molecule has 0 aliphatic heterocycles. The standard InChI is InChI=1S/C21H40O2Si2/c1-20(2,3)24(7,8)22-18-13-11-17-15-16(18)12-14-19(17)23-25(9,10)21(4,5)6/h11-14,16-19H,15H2,1-10H3/t16-,17-,18-,19-/m1/s1. The maximum atomic E-state index is 6.69. The molecule has 144 valence electrons. The molecule has 2 aliphatic rings. The quantitative estimate of drug-likeness (QED) is 0.408. The van der Waals surface area contributed by atoms with Gasteiger partial charge in [0, 0.05) is 11.8 Å². The van der Waals surface area contributed by atoms with Gasteiger partial charge in [0.05, 0.1) is 12.2 Å². The molecule has 0 aromatic carbocycles. The molecule has 0 aromatic rings. The zero-order valence-electron chi connectivity index (χ0n) is 18.1. The summed E-state index contributed by atoms with van der Waals surface area (Å²) in [6.45, 7) is 23.3. The van der Waals surface area contributed by atoms with Gasteiger partial charge in [-0.3, -0.25) is 0 Å². The summed E-state index contributed by atoms with van der Waals surface area (Å²) < 4.78 is 13.4. The topological polar surface area (TPSA) is 18.5 Å². The molecule has 0 spiro atoms. The molecule has 0 unspecified atom stereocenters. The van der Waals surface area contributed by atoms with Gasteiger partial charge < -0.3 is 8.85 Å². The van der Waals surface area contributed by atoms with Crippen molar-refractivity contribution >= 4 is 16.6 Å². The summed E-state index contributed by atoms with van der Waals surface area (Å²) in [6.07, 6.45) is 11.0. The highest BCUT2D eigenvalue weighted by atomic mass is 28.4. The molecule has 0 aromatic heterocycles. The number of hydrogen-bond acceptors (Lipinski definition) is 2. The van der Waals surface area contributed by atoms with E-state index in [4.69, 9.17) is 8.85 Å². The third-order valence-electron chi connectivity index (χ3n) is 6.96. The molecule has 2 aliphatic carbocycles. The SMILES string of the molecule is CC(C)(C)[Si](C)(C)O[C@@H]1C=C[C@@H]2C[C@H]1C=C[C@H]2O[Si](C)(C)C(C)(C)C. The molecule has 0 radical (unpaired) electrons. The second-order valence-electron chi connectivity index (χ2n) is 11.0. The van der Waals surface area contributed by atoms with E-state index in [2.05, 4.69) is 92.0 Å². The molecule has 0 saturated carbocycles. The fourth-order valence-corrected chi connectivity index (χ4v) is 5.61. The third kappa shape index (κ3) is 4.58. The van der Waals surface area contributed by atoms with Crippen LogP contribution in [0.1, 0.15) is 48.0 Å². The van der Waals surface area contributed by atoms with Crippen LogP contribution in [0.2, 0.25) is 36.3 Å². The first kappa shape index (κ1) is 21.1. The minimum atomic E-state index is -1.74. The molecule has 4 atom stereocenters. The van der Waals surface area contributed by atoms with Crippen LogP contribution < -0.4 is 0 Å². The summed E-state index contributed by atoms with van der Waals surface area (Å²) in [5, 5.41) is 0.508. The Kier molecular flexibility index (Phi) is 5.73. The maximum absolute atomic E-state index is 6.69. The van der Waals surface area contributed by atoms with Gasteiger partial charge >= 0.3 is 0 Å². The molecular formula is C21H40O2Si2. The summed E-state index contributed by atoms with van der Waals surface area (Å²) in [7, 11) is -3.48. The first-order valence-electron chi connectivity index (χ1n) is 9.86. The Bertz CT molecular complexity index is 487. The number of hydrogen-bond donors (Lipinski definition) is 0. The van der Waals surface area contributed by atoms with Crippen LogP contribution in [0.25, 0.3) is 0 Å². The van der Waals surface area contributed by atoms with Crippen LogP contribution in [-0.2, 0) is 8.85 Å². The van der Waals surface area contributed by atoms with Crippen molar-refractivity contribution in [2.24, 2.45) is 11.8 Å². The Labute approximate surface area is 158 Å². The molecule has 0 heterocycles. The fourth-order valence-electron chi connectivity index (χ4n) is 3.04. The number of rotatable bonds is 4. The second-order valence-corrected chi connectivity index (χ2v) is 20.5. The molecule has 0 N–H and O–H groups in total. The minimum Gasteiger partial charge on any atom is -0.410 e. The molecule has 2 rings (SSSR count). The lowest BCUT2D eigenvalue weighted by molar-refractivity contribution is 0.109. The van der Waals surface area contributed by atoms with Gasteiger partial charge in [-0.25, -0.2) is 0 Å². The van der Waals surface area contributed by atoms with Crippen LogP contribution in [0.15, 0.2) is 24.3 Å². The molecule has 0 fully saturated rings. The normalized spacial score (nSPS) is 30.6. The Morgan fingerprint density at radius 3 is 1.24 bits per heavy atom. The van der Waals surface area contributed by atoms with Crippen molar-refractivity contribution in [1.82, 2.24) is 0 Å². The van der Waals surface area contributed by atoms with E-state index < -0.39 is 16.6 Å². The van der Waals surface area contributed by atoms with Crippen molar-refractivity contribution < 1.29 is 8.85 Å². The highest BCUT2D eigenvalue weighted by molar-refractivity contribution is 6.74. The molecule has 2 nitrogen and oxygen atoms in total. The zero-order valence-corrected chi connectivity index (χ0v) is 20.1. The van der Waals surface area contributed by atoms with E-state index in [-0.39, 0.29) is 22.3 Å².